The molecular weight excluding hydrogens is 276 g/mol. The number of imidazole rings is 1. The molecule has 3 heterocycles. The molecule has 0 bridgehead atoms. The third-order valence-electron chi connectivity index (χ3n) is 3.65. The monoisotopic (exact) mass is 294 g/mol. The first-order valence-electron chi connectivity index (χ1n) is 6.59. The Bertz CT molecular complexity index is 645. The van der Waals surface area contributed by atoms with Crippen molar-refractivity contribution in [3.8, 4) is 0 Å². The van der Waals surface area contributed by atoms with Gasteiger partial charge >= 0.3 is 0 Å². The largest absolute Gasteiger partial charge is 0.394 e. The summed E-state index contributed by atoms with van der Waals surface area (Å²) in [6, 6.07) is -0.660. The minimum absolute atomic E-state index is 0.251. The topological polar surface area (TPSA) is 123 Å². The van der Waals surface area contributed by atoms with Crippen molar-refractivity contribution in [1.82, 2.24) is 19.5 Å². The molecule has 0 aliphatic carbocycles. The van der Waals surface area contributed by atoms with Crippen LogP contribution < -0.4 is 10.6 Å². The Morgan fingerprint density at radius 3 is 2.76 bits per heavy atom. The van der Waals surface area contributed by atoms with E-state index < -0.39 is 24.5 Å². The van der Waals surface area contributed by atoms with Crippen molar-refractivity contribution in [2.24, 2.45) is 5.73 Å². The van der Waals surface area contributed by atoms with Gasteiger partial charge in [0.1, 0.15) is 18.5 Å². The summed E-state index contributed by atoms with van der Waals surface area (Å²) in [6.07, 6.45) is 0.676. The Balaban J connectivity index is 2.04. The lowest BCUT2D eigenvalue weighted by Gasteiger charge is -2.17. The van der Waals surface area contributed by atoms with E-state index in [2.05, 4.69) is 15.0 Å². The highest BCUT2D eigenvalue weighted by Crippen LogP contribution is 2.31. The minimum Gasteiger partial charge on any atom is -0.394 e. The van der Waals surface area contributed by atoms with E-state index in [1.165, 1.54) is 12.7 Å². The minimum atomic E-state index is -0.947. The molecule has 4 N–H and O–H groups in total. The van der Waals surface area contributed by atoms with E-state index in [0.29, 0.717) is 17.0 Å². The van der Waals surface area contributed by atoms with Gasteiger partial charge in [-0.2, -0.15) is 0 Å². The number of anilines is 1. The summed E-state index contributed by atoms with van der Waals surface area (Å²) in [5.41, 5.74) is 7.00. The van der Waals surface area contributed by atoms with Crippen molar-refractivity contribution in [2.45, 2.75) is 24.5 Å². The number of aliphatic hydroxyl groups is 2. The number of hydrogen-bond donors (Lipinski definition) is 3. The number of rotatable bonds is 3. The molecule has 0 saturated carbocycles. The highest BCUT2D eigenvalue weighted by Gasteiger charge is 2.42. The van der Waals surface area contributed by atoms with E-state index in [4.69, 9.17) is 10.5 Å². The van der Waals surface area contributed by atoms with Crippen molar-refractivity contribution in [3.05, 3.63) is 12.7 Å². The second-order valence-corrected chi connectivity index (χ2v) is 5.23. The Morgan fingerprint density at radius 1 is 1.38 bits per heavy atom. The van der Waals surface area contributed by atoms with Gasteiger partial charge in [-0.25, -0.2) is 15.0 Å². The molecule has 4 atom stereocenters. The predicted molar refractivity (Wildman–Crippen MR) is 74.6 cm³/mol. The van der Waals surface area contributed by atoms with Crippen LogP contribution in [-0.2, 0) is 4.74 Å². The molecule has 2 aromatic rings. The van der Waals surface area contributed by atoms with Crippen molar-refractivity contribution < 1.29 is 14.9 Å². The summed E-state index contributed by atoms with van der Waals surface area (Å²) in [5.74, 6) is 0.675. The average molecular weight is 294 g/mol. The van der Waals surface area contributed by atoms with E-state index in [-0.39, 0.29) is 6.61 Å². The van der Waals surface area contributed by atoms with Crippen LogP contribution in [0.15, 0.2) is 12.7 Å². The quantitative estimate of drug-likeness (QED) is 0.623. The molecule has 3 rings (SSSR count). The lowest BCUT2D eigenvalue weighted by molar-refractivity contribution is -0.0488. The van der Waals surface area contributed by atoms with E-state index in [0.717, 1.165) is 0 Å². The molecule has 0 radical (unpaired) electrons. The van der Waals surface area contributed by atoms with Gasteiger partial charge in [-0.15, -0.1) is 0 Å². The van der Waals surface area contributed by atoms with E-state index in [1.807, 2.05) is 19.0 Å². The second-order valence-electron chi connectivity index (χ2n) is 5.23. The first kappa shape index (κ1) is 14.1. The van der Waals surface area contributed by atoms with Crippen LogP contribution in [0.2, 0.25) is 0 Å². The van der Waals surface area contributed by atoms with Crippen molar-refractivity contribution in [3.63, 3.8) is 0 Å². The van der Waals surface area contributed by atoms with Gasteiger partial charge in [-0.1, -0.05) is 0 Å². The Hall–Kier alpha value is -1.81. The summed E-state index contributed by atoms with van der Waals surface area (Å²) in [6.45, 7) is -0.251. The molecule has 21 heavy (non-hydrogen) atoms. The predicted octanol–water partition coefficient (Wildman–Crippen LogP) is -1.53. The molecule has 0 amide bonds. The summed E-state index contributed by atoms with van der Waals surface area (Å²) < 4.78 is 7.23. The number of aliphatic hydroxyl groups excluding tert-OH is 2. The molecule has 9 nitrogen and oxygen atoms in total. The smallest absolute Gasteiger partial charge is 0.167 e. The van der Waals surface area contributed by atoms with Crippen LogP contribution in [0.3, 0.4) is 0 Å². The second kappa shape index (κ2) is 5.19. The number of hydrogen-bond acceptors (Lipinski definition) is 8. The van der Waals surface area contributed by atoms with Crippen LogP contribution in [0.1, 0.15) is 6.23 Å². The zero-order chi connectivity index (χ0) is 15.1. The van der Waals surface area contributed by atoms with Crippen LogP contribution in [0.25, 0.3) is 11.2 Å². The first-order valence-corrected chi connectivity index (χ1v) is 6.59. The molecule has 1 aliphatic rings. The van der Waals surface area contributed by atoms with Gasteiger partial charge < -0.3 is 25.6 Å². The molecule has 9 heteroatoms. The van der Waals surface area contributed by atoms with E-state index in [9.17, 15) is 10.2 Å². The average Bonchev–Trinajstić information content (AvgIpc) is 3.01. The van der Waals surface area contributed by atoms with Crippen molar-refractivity contribution in [1.29, 1.82) is 0 Å². The molecule has 2 unspecified atom stereocenters. The van der Waals surface area contributed by atoms with Crippen LogP contribution in [0.5, 0.6) is 0 Å². The van der Waals surface area contributed by atoms with Gasteiger partial charge in [0.05, 0.1) is 19.0 Å². The van der Waals surface area contributed by atoms with E-state index in [1.54, 1.807) is 4.57 Å². The molecule has 114 valence electrons. The number of fused-ring (bicyclic) bond motifs is 1. The molecule has 0 aromatic carbocycles. The highest BCUT2D eigenvalue weighted by molar-refractivity contribution is 5.83. The van der Waals surface area contributed by atoms with Gasteiger partial charge in [-0.3, -0.25) is 4.57 Å². The fourth-order valence-corrected chi connectivity index (χ4v) is 2.51. The number of nitrogens with zero attached hydrogens (tertiary/aromatic N) is 5. The van der Waals surface area contributed by atoms with Crippen LogP contribution in [0.4, 0.5) is 5.82 Å². The summed E-state index contributed by atoms with van der Waals surface area (Å²) in [7, 11) is 3.72. The van der Waals surface area contributed by atoms with Gasteiger partial charge in [0.15, 0.2) is 23.2 Å². The standard InChI is InChI=1S/C12H18N6O3/c1-17(2)10-8-11(15-4-14-10)18(5-16-8)12-9(20)7(13)6(3-19)21-12/h4-7,9,12,19-20H,3,13H2,1-2H3/t6-,7?,9?,12-/m1/s1. The third kappa shape index (κ3) is 2.14. The van der Waals surface area contributed by atoms with Crippen molar-refractivity contribution in [2.75, 3.05) is 25.6 Å². The zero-order valence-electron chi connectivity index (χ0n) is 11.8. The maximum Gasteiger partial charge on any atom is 0.167 e. The highest BCUT2D eigenvalue weighted by atomic mass is 16.5. The van der Waals surface area contributed by atoms with Gasteiger partial charge in [-0.05, 0) is 0 Å². The Labute approximate surface area is 121 Å². The van der Waals surface area contributed by atoms with Crippen LogP contribution in [-0.4, -0.2) is 68.7 Å². The van der Waals surface area contributed by atoms with Crippen LogP contribution >= 0.6 is 0 Å². The van der Waals surface area contributed by atoms with Crippen LogP contribution in [0, 0.1) is 0 Å². The van der Waals surface area contributed by atoms with E-state index >= 15 is 0 Å². The summed E-state index contributed by atoms with van der Waals surface area (Å²) in [4.78, 5) is 14.5. The number of nitrogens with two attached hydrogens (primary N) is 1. The fourth-order valence-electron chi connectivity index (χ4n) is 2.51. The maximum atomic E-state index is 10.2. The number of aromatic nitrogens is 4. The SMILES string of the molecule is CN(C)c1ncnc2c1ncn2[C@@H]1O[C@H](CO)C(N)C1O. The van der Waals surface area contributed by atoms with Gasteiger partial charge in [0, 0.05) is 14.1 Å². The molecule has 2 aromatic heterocycles. The molecule has 1 fully saturated rings. The van der Waals surface area contributed by atoms with Crippen molar-refractivity contribution >= 4 is 17.0 Å². The molecule has 0 spiro atoms. The molecule has 1 aliphatic heterocycles. The van der Waals surface area contributed by atoms with Gasteiger partial charge in [0.25, 0.3) is 0 Å². The number of ether oxygens (including phenoxy) is 1. The van der Waals surface area contributed by atoms with Gasteiger partial charge in [0.2, 0.25) is 0 Å². The molecule has 1 saturated heterocycles. The summed E-state index contributed by atoms with van der Waals surface area (Å²) >= 11 is 0. The zero-order valence-corrected chi connectivity index (χ0v) is 11.8. The fraction of sp³-hybridized carbons (Fsp3) is 0.583. The Morgan fingerprint density at radius 2 is 2.14 bits per heavy atom. The lowest BCUT2D eigenvalue weighted by Crippen LogP contribution is -2.41. The first-order chi connectivity index (χ1) is 10.0. The maximum absolute atomic E-state index is 10.2. The lowest BCUT2D eigenvalue weighted by atomic mass is 10.1. The third-order valence-corrected chi connectivity index (χ3v) is 3.65. The normalized spacial score (nSPS) is 29.2. The molecular formula is C12H18N6O3. The Kier molecular flexibility index (Phi) is 3.49. The summed E-state index contributed by atoms with van der Waals surface area (Å²) in [5, 5.41) is 19.4.